The average molecular weight is 396 g/mol. The Hall–Kier alpha value is -2.80. The van der Waals surface area contributed by atoms with Crippen LogP contribution in [0.5, 0.6) is 0 Å². The first-order valence-corrected chi connectivity index (χ1v) is 10.4. The molecule has 3 aromatic rings. The number of aromatic nitrogens is 3. The van der Waals surface area contributed by atoms with Crippen molar-refractivity contribution in [3.63, 3.8) is 0 Å². The topological polar surface area (TPSA) is 73.9 Å². The van der Waals surface area contributed by atoms with E-state index in [9.17, 15) is 4.79 Å². The van der Waals surface area contributed by atoms with Gasteiger partial charge in [0.05, 0.1) is 0 Å². The van der Waals surface area contributed by atoms with Crippen LogP contribution in [0.4, 0.5) is 5.69 Å². The third kappa shape index (κ3) is 5.85. The summed E-state index contributed by atoms with van der Waals surface area (Å²) in [4.78, 5) is 18.7. The number of benzene rings is 2. The Morgan fingerprint density at radius 2 is 1.93 bits per heavy atom. The minimum Gasteiger partial charge on any atom is -0.372 e. The Bertz CT molecular complexity index is 837. The molecule has 146 valence electrons. The maximum atomic E-state index is 12.3. The highest BCUT2D eigenvalue weighted by atomic mass is 32.2. The fraction of sp³-hybridized carbons (Fsp3) is 0.286. The minimum absolute atomic E-state index is 0.0304. The lowest BCUT2D eigenvalue weighted by Gasteiger charge is -2.23. The number of carbonyl (C=O) groups excluding carboxylic acids is 1. The molecule has 1 aromatic heterocycles. The summed E-state index contributed by atoms with van der Waals surface area (Å²) in [7, 11) is 0. The van der Waals surface area contributed by atoms with Crippen molar-refractivity contribution in [3.05, 3.63) is 72.1 Å². The summed E-state index contributed by atoms with van der Waals surface area (Å²) in [5, 5.41) is 10.5. The molecule has 28 heavy (non-hydrogen) atoms. The van der Waals surface area contributed by atoms with Crippen LogP contribution in [-0.2, 0) is 5.75 Å². The lowest BCUT2D eigenvalue weighted by Crippen LogP contribution is -2.29. The predicted octanol–water partition coefficient (Wildman–Crippen LogP) is 3.74. The van der Waals surface area contributed by atoms with Crippen LogP contribution in [-0.4, -0.2) is 40.7 Å². The number of thioether (sulfide) groups is 1. The Morgan fingerprint density at radius 1 is 1.14 bits per heavy atom. The molecule has 1 amide bonds. The average Bonchev–Trinajstić information content (AvgIpc) is 3.27. The van der Waals surface area contributed by atoms with E-state index in [1.807, 2.05) is 42.5 Å². The molecular formula is C21H25N5OS. The molecule has 7 heteroatoms. The third-order valence-electron chi connectivity index (χ3n) is 4.38. The molecule has 0 saturated heterocycles. The zero-order chi connectivity index (χ0) is 19.6. The van der Waals surface area contributed by atoms with Crippen LogP contribution in [0.25, 0.3) is 0 Å². The van der Waals surface area contributed by atoms with Crippen LogP contribution < -0.4 is 10.2 Å². The van der Waals surface area contributed by atoms with Gasteiger partial charge < -0.3 is 10.2 Å². The van der Waals surface area contributed by atoms with Gasteiger partial charge in [-0.1, -0.05) is 42.1 Å². The van der Waals surface area contributed by atoms with Crippen molar-refractivity contribution in [3.8, 4) is 0 Å². The number of nitrogens with zero attached hydrogens (tertiary/aromatic N) is 3. The van der Waals surface area contributed by atoms with Gasteiger partial charge in [0, 0.05) is 36.6 Å². The van der Waals surface area contributed by atoms with Gasteiger partial charge in [-0.2, -0.15) is 5.10 Å². The number of hydrogen-bond donors (Lipinski definition) is 2. The second-order valence-corrected chi connectivity index (χ2v) is 7.26. The van der Waals surface area contributed by atoms with Gasteiger partial charge in [0.25, 0.3) is 5.91 Å². The number of nitrogens with one attached hydrogen (secondary N) is 2. The van der Waals surface area contributed by atoms with E-state index in [-0.39, 0.29) is 5.91 Å². The number of rotatable bonds is 10. The summed E-state index contributed by atoms with van der Waals surface area (Å²) in [5.74, 6) is 0.751. The van der Waals surface area contributed by atoms with Crippen molar-refractivity contribution in [1.29, 1.82) is 0 Å². The van der Waals surface area contributed by atoms with Crippen LogP contribution in [0.2, 0.25) is 0 Å². The van der Waals surface area contributed by atoms with Crippen molar-refractivity contribution < 1.29 is 4.79 Å². The molecule has 0 aliphatic carbocycles. The summed E-state index contributed by atoms with van der Waals surface area (Å²) >= 11 is 1.58. The highest BCUT2D eigenvalue weighted by molar-refractivity contribution is 7.98. The van der Waals surface area contributed by atoms with Gasteiger partial charge in [-0.25, -0.2) is 4.98 Å². The first-order valence-electron chi connectivity index (χ1n) is 9.41. The number of para-hydroxylation sites is 1. The molecular weight excluding hydrogens is 370 g/mol. The Kier molecular flexibility index (Phi) is 7.49. The molecule has 0 saturated carbocycles. The molecule has 0 unspecified atom stereocenters. The van der Waals surface area contributed by atoms with Crippen molar-refractivity contribution in [1.82, 2.24) is 20.5 Å². The number of anilines is 1. The van der Waals surface area contributed by atoms with Crippen LogP contribution in [0, 0.1) is 0 Å². The lowest BCUT2D eigenvalue weighted by molar-refractivity contribution is 0.0953. The van der Waals surface area contributed by atoms with E-state index in [1.54, 1.807) is 11.8 Å². The van der Waals surface area contributed by atoms with E-state index in [0.29, 0.717) is 12.1 Å². The fourth-order valence-corrected chi connectivity index (χ4v) is 3.59. The van der Waals surface area contributed by atoms with E-state index >= 15 is 0 Å². The maximum Gasteiger partial charge on any atom is 0.251 e. The molecule has 0 atom stereocenters. The summed E-state index contributed by atoms with van der Waals surface area (Å²) in [6, 6.07) is 18.0. The van der Waals surface area contributed by atoms with Crippen molar-refractivity contribution >= 4 is 23.4 Å². The molecule has 3 rings (SSSR count). The summed E-state index contributed by atoms with van der Waals surface area (Å²) in [5.41, 5.74) is 3.04. The van der Waals surface area contributed by atoms with Crippen molar-refractivity contribution in [2.45, 2.75) is 24.3 Å². The minimum atomic E-state index is -0.0304. The van der Waals surface area contributed by atoms with E-state index in [4.69, 9.17) is 0 Å². The maximum absolute atomic E-state index is 12.3. The van der Waals surface area contributed by atoms with Gasteiger partial charge >= 0.3 is 0 Å². The van der Waals surface area contributed by atoms with Gasteiger partial charge in [0.15, 0.2) is 5.16 Å². The molecule has 6 nitrogen and oxygen atoms in total. The second kappa shape index (κ2) is 10.5. The Balaban J connectivity index is 1.40. The zero-order valence-electron chi connectivity index (χ0n) is 16.0. The fourth-order valence-electron chi connectivity index (χ4n) is 2.85. The summed E-state index contributed by atoms with van der Waals surface area (Å²) in [6.45, 7) is 4.67. The molecule has 2 aromatic carbocycles. The molecule has 0 spiro atoms. The van der Waals surface area contributed by atoms with Crippen molar-refractivity contribution in [2.75, 3.05) is 24.5 Å². The first kappa shape index (κ1) is 19.9. The first-order chi connectivity index (χ1) is 13.8. The van der Waals surface area contributed by atoms with Gasteiger partial charge in [0.1, 0.15) is 6.33 Å². The molecule has 0 aliphatic rings. The number of carbonyl (C=O) groups is 1. The second-order valence-electron chi connectivity index (χ2n) is 6.30. The van der Waals surface area contributed by atoms with Crippen LogP contribution >= 0.6 is 11.8 Å². The highest BCUT2D eigenvalue weighted by Gasteiger charge is 2.07. The van der Waals surface area contributed by atoms with E-state index in [2.05, 4.69) is 44.5 Å². The number of hydrogen-bond acceptors (Lipinski definition) is 5. The number of aromatic amines is 1. The Morgan fingerprint density at radius 3 is 2.61 bits per heavy atom. The summed E-state index contributed by atoms with van der Waals surface area (Å²) in [6.07, 6.45) is 2.40. The van der Waals surface area contributed by atoms with Gasteiger partial charge in [-0.3, -0.25) is 9.89 Å². The molecule has 0 fully saturated rings. The van der Waals surface area contributed by atoms with Gasteiger partial charge in [-0.15, -0.1) is 0 Å². The Labute approximate surface area is 169 Å². The highest BCUT2D eigenvalue weighted by Crippen LogP contribution is 2.18. The largest absolute Gasteiger partial charge is 0.372 e. The number of H-pyrrole nitrogens is 1. The van der Waals surface area contributed by atoms with Gasteiger partial charge in [0.2, 0.25) is 0 Å². The smallest absolute Gasteiger partial charge is 0.251 e. The van der Waals surface area contributed by atoms with Crippen LogP contribution in [0.15, 0.2) is 66.1 Å². The molecule has 1 heterocycles. The zero-order valence-corrected chi connectivity index (χ0v) is 16.8. The SMILES string of the molecule is CCN(CCCNC(=O)c1ccc(CSc2ncn[nH]2)cc1)c1ccccc1. The van der Waals surface area contributed by atoms with E-state index in [0.717, 1.165) is 36.0 Å². The standard InChI is InChI=1S/C21H25N5OS/c1-2-26(19-7-4-3-5-8-19)14-6-13-22-20(27)18-11-9-17(10-12-18)15-28-21-23-16-24-25-21/h3-5,7-12,16H,2,6,13-15H2,1H3,(H,22,27)(H,23,24,25). The van der Waals surface area contributed by atoms with Crippen LogP contribution in [0.1, 0.15) is 29.3 Å². The number of amides is 1. The molecule has 0 aliphatic heterocycles. The summed E-state index contributed by atoms with van der Waals surface area (Å²) < 4.78 is 0. The predicted molar refractivity (Wildman–Crippen MR) is 114 cm³/mol. The monoisotopic (exact) mass is 395 g/mol. The molecule has 0 radical (unpaired) electrons. The van der Waals surface area contributed by atoms with Gasteiger partial charge in [-0.05, 0) is 43.2 Å². The van der Waals surface area contributed by atoms with E-state index < -0.39 is 0 Å². The molecule has 2 N–H and O–H groups in total. The quantitative estimate of drug-likeness (QED) is 0.404. The lowest BCUT2D eigenvalue weighted by atomic mass is 10.1. The van der Waals surface area contributed by atoms with Crippen LogP contribution in [0.3, 0.4) is 0 Å². The van der Waals surface area contributed by atoms with E-state index in [1.165, 1.54) is 12.0 Å². The molecule has 0 bridgehead atoms. The normalized spacial score (nSPS) is 10.6. The third-order valence-corrected chi connectivity index (χ3v) is 5.33. The van der Waals surface area contributed by atoms with Crippen molar-refractivity contribution in [2.24, 2.45) is 0 Å².